The summed E-state index contributed by atoms with van der Waals surface area (Å²) in [6.07, 6.45) is -9.81. The molecule has 2 aromatic rings. The van der Waals surface area contributed by atoms with Gasteiger partial charge in [-0.05, 0) is 24.3 Å². The first kappa shape index (κ1) is 30.8. The summed E-state index contributed by atoms with van der Waals surface area (Å²) in [5, 5.41) is 104. The number of carbonyl (C=O) groups excluding carboxylic acids is 4. The summed E-state index contributed by atoms with van der Waals surface area (Å²) in [7, 11) is 0. The zero-order valence-electron chi connectivity index (χ0n) is 22.6. The van der Waals surface area contributed by atoms with E-state index < -0.39 is 135 Å². The van der Waals surface area contributed by atoms with E-state index in [1.165, 1.54) is 0 Å². The quantitative estimate of drug-likeness (QED) is 0.0683. The zero-order chi connectivity index (χ0) is 33.6. The van der Waals surface area contributed by atoms with Gasteiger partial charge in [-0.25, -0.2) is 14.4 Å². The van der Waals surface area contributed by atoms with Gasteiger partial charge in [0.05, 0.1) is 29.2 Å². The van der Waals surface area contributed by atoms with Crippen molar-refractivity contribution in [2.24, 2.45) is 0 Å². The Morgan fingerprint density at radius 3 is 2.11 bits per heavy atom. The first-order valence-corrected chi connectivity index (χ1v) is 13.0. The Balaban J connectivity index is 1.50. The highest BCUT2D eigenvalue weighted by molar-refractivity contribution is 6.08. The van der Waals surface area contributed by atoms with E-state index in [4.69, 9.17) is 23.7 Å². The smallest absolute Gasteiger partial charge is 0.340 e. The number of fused-ring (bicyclic) bond motifs is 2. The molecule has 46 heavy (non-hydrogen) atoms. The third kappa shape index (κ3) is 4.21. The van der Waals surface area contributed by atoms with Crippen molar-refractivity contribution in [3.63, 3.8) is 0 Å². The van der Waals surface area contributed by atoms with Crippen LogP contribution >= 0.6 is 0 Å². The fraction of sp³-hybridized carbons (Fsp3) is 0.333. The standard InChI is InChI=1S/C27H22O19/c28-5-12-18(35)20-21(25(42-12)45-22(36)6-1-9(29)16(33)10(30)2-6)44-23(37)7-3-11(31)17(34)19-14(7)15-8(24(38)43-20)4-13(32)27(41,46-19)26(15,39)40/h1-4,12,15,18,20-21,25,28-31,33-35,39-41H,5H2/t12-,15+,18-,20+,21-,25+,27?/m1/s1. The van der Waals surface area contributed by atoms with Crippen LogP contribution in [0.2, 0.25) is 0 Å². The van der Waals surface area contributed by atoms with Crippen LogP contribution in [0.15, 0.2) is 29.8 Å². The maximum absolute atomic E-state index is 13.7. The largest absolute Gasteiger partial charge is 0.504 e. The summed E-state index contributed by atoms with van der Waals surface area (Å²) in [6.45, 7) is -1.02. The Morgan fingerprint density at radius 1 is 0.870 bits per heavy atom. The lowest BCUT2D eigenvalue weighted by Gasteiger charge is -2.50. The van der Waals surface area contributed by atoms with Gasteiger partial charge in [0, 0.05) is 5.56 Å². The van der Waals surface area contributed by atoms with Crippen LogP contribution in [0.4, 0.5) is 0 Å². The molecule has 0 radical (unpaired) electrons. The minimum atomic E-state index is -3.72. The van der Waals surface area contributed by atoms with Crippen molar-refractivity contribution in [1.82, 2.24) is 0 Å². The molecule has 6 rings (SSSR count). The van der Waals surface area contributed by atoms with E-state index >= 15 is 0 Å². The maximum atomic E-state index is 13.7. The number of ether oxygens (including phenoxy) is 5. The number of rotatable bonds is 3. The molecule has 19 nitrogen and oxygen atoms in total. The fourth-order valence-electron chi connectivity index (χ4n) is 5.60. The number of phenolic OH excluding ortho intramolecular Hbond substituents is 5. The molecule has 10 N–H and O–H groups in total. The number of aliphatic hydroxyl groups excluding tert-OH is 2. The lowest BCUT2D eigenvalue weighted by molar-refractivity contribution is -0.340. The van der Waals surface area contributed by atoms with Crippen LogP contribution in [0.25, 0.3) is 0 Å². The van der Waals surface area contributed by atoms with Crippen LogP contribution in [0.1, 0.15) is 32.2 Å². The van der Waals surface area contributed by atoms with Gasteiger partial charge in [0.25, 0.3) is 5.79 Å². The molecule has 3 aliphatic heterocycles. The molecule has 7 atom stereocenters. The van der Waals surface area contributed by atoms with Crippen molar-refractivity contribution in [3.8, 4) is 34.5 Å². The molecule has 1 fully saturated rings. The molecule has 4 aliphatic rings. The number of benzene rings is 2. The van der Waals surface area contributed by atoms with Crippen LogP contribution in [0, 0.1) is 0 Å². The highest BCUT2D eigenvalue weighted by Crippen LogP contribution is 2.58. The van der Waals surface area contributed by atoms with E-state index in [1.54, 1.807) is 0 Å². The predicted octanol–water partition coefficient (Wildman–Crippen LogP) is -3.04. The number of aromatic hydroxyl groups is 5. The number of hydrogen-bond acceptors (Lipinski definition) is 19. The summed E-state index contributed by atoms with van der Waals surface area (Å²) in [4.78, 5) is 53.1. The maximum Gasteiger partial charge on any atom is 0.340 e. The number of ketones is 1. The van der Waals surface area contributed by atoms with E-state index in [9.17, 15) is 70.2 Å². The van der Waals surface area contributed by atoms with E-state index in [0.717, 1.165) is 0 Å². The minimum absolute atomic E-state index is 0.396. The SMILES string of the molecule is O=C1O[C@H]2[C@H](O)[C@@H](CO)O[C@@H](OC(=O)c3cc(O)c(O)c(O)c3)[C@@H]2OC(=O)c2cc(O)c(O)c3c2[C@@H]2C1=CC(=O)C(O)(O3)C2(O)O. The van der Waals surface area contributed by atoms with Crippen molar-refractivity contribution in [2.75, 3.05) is 6.61 Å². The zero-order valence-corrected chi connectivity index (χ0v) is 22.6. The van der Waals surface area contributed by atoms with E-state index in [0.29, 0.717) is 24.3 Å². The second kappa shape index (κ2) is 10.2. The van der Waals surface area contributed by atoms with Gasteiger partial charge in [0.2, 0.25) is 23.9 Å². The Kier molecular flexibility index (Phi) is 6.82. The number of phenols is 5. The number of esters is 3. The molecule has 244 valence electrons. The minimum Gasteiger partial charge on any atom is -0.504 e. The lowest BCUT2D eigenvalue weighted by Crippen LogP contribution is -2.70. The molecule has 0 spiro atoms. The van der Waals surface area contributed by atoms with Gasteiger partial charge >= 0.3 is 23.7 Å². The van der Waals surface area contributed by atoms with Crippen molar-refractivity contribution >= 4 is 23.7 Å². The highest BCUT2D eigenvalue weighted by atomic mass is 16.7. The third-order valence-electron chi connectivity index (χ3n) is 7.91. The van der Waals surface area contributed by atoms with Crippen molar-refractivity contribution in [2.45, 2.75) is 48.2 Å². The normalized spacial score (nSPS) is 31.0. The monoisotopic (exact) mass is 650 g/mol. The van der Waals surface area contributed by atoms with Gasteiger partial charge in [-0.1, -0.05) is 0 Å². The summed E-state index contributed by atoms with van der Waals surface area (Å²) in [6, 6.07) is 1.89. The van der Waals surface area contributed by atoms with Crippen molar-refractivity contribution < 1.29 is 93.9 Å². The first-order valence-electron chi connectivity index (χ1n) is 13.0. The highest BCUT2D eigenvalue weighted by Gasteiger charge is 2.70. The van der Waals surface area contributed by atoms with E-state index in [1.807, 2.05) is 0 Å². The Bertz CT molecular complexity index is 1720. The molecule has 1 aliphatic carbocycles. The van der Waals surface area contributed by atoms with E-state index in [-0.39, 0.29) is 0 Å². The third-order valence-corrected chi connectivity index (χ3v) is 7.91. The van der Waals surface area contributed by atoms with Crippen LogP contribution in [-0.2, 0) is 28.5 Å². The molecule has 1 saturated heterocycles. The molecule has 1 unspecified atom stereocenters. The fourth-order valence-corrected chi connectivity index (χ4v) is 5.60. The molecular weight excluding hydrogens is 628 g/mol. The van der Waals surface area contributed by atoms with Crippen LogP contribution in [-0.4, -0.2) is 124 Å². The number of hydrogen-bond donors (Lipinski definition) is 10. The van der Waals surface area contributed by atoms with Crippen molar-refractivity contribution in [1.29, 1.82) is 0 Å². The molecular formula is C27H22O19. The second-order valence-corrected chi connectivity index (χ2v) is 10.6. The van der Waals surface area contributed by atoms with Gasteiger partial charge in [0.15, 0.2) is 34.9 Å². The molecule has 19 heteroatoms. The summed E-state index contributed by atoms with van der Waals surface area (Å²) in [5.41, 5.74) is -3.18. The van der Waals surface area contributed by atoms with Crippen LogP contribution in [0.5, 0.6) is 34.5 Å². The molecule has 2 aromatic carbocycles. The van der Waals surface area contributed by atoms with Crippen molar-refractivity contribution in [3.05, 3.63) is 46.5 Å². The summed E-state index contributed by atoms with van der Waals surface area (Å²) < 4.78 is 26.3. The molecule has 0 saturated carbocycles. The number of carbonyl (C=O) groups is 4. The van der Waals surface area contributed by atoms with Gasteiger partial charge in [-0.15, -0.1) is 0 Å². The molecule has 2 bridgehead atoms. The van der Waals surface area contributed by atoms with Crippen LogP contribution < -0.4 is 4.74 Å². The van der Waals surface area contributed by atoms with E-state index in [2.05, 4.69) is 0 Å². The Morgan fingerprint density at radius 2 is 1.48 bits per heavy atom. The Hall–Kier alpha value is -5.18. The summed E-state index contributed by atoms with van der Waals surface area (Å²) >= 11 is 0. The Labute approximate surface area is 253 Å². The molecule has 3 heterocycles. The second-order valence-electron chi connectivity index (χ2n) is 10.6. The number of aliphatic hydroxyl groups is 5. The van der Waals surface area contributed by atoms with Gasteiger partial charge in [-0.3, -0.25) is 4.79 Å². The average molecular weight is 650 g/mol. The molecule has 0 aromatic heterocycles. The lowest BCUT2D eigenvalue weighted by atomic mass is 9.70. The predicted molar refractivity (Wildman–Crippen MR) is 136 cm³/mol. The van der Waals surface area contributed by atoms with Gasteiger partial charge in [-0.2, -0.15) is 0 Å². The summed E-state index contributed by atoms with van der Waals surface area (Å²) in [5.74, 6) is -22.0. The first-order chi connectivity index (χ1) is 21.5. The topological polar surface area (TPSA) is 317 Å². The van der Waals surface area contributed by atoms with Gasteiger partial charge in [0.1, 0.15) is 12.2 Å². The average Bonchev–Trinajstić information content (AvgIpc) is 2.98. The molecule has 0 amide bonds. The van der Waals surface area contributed by atoms with Crippen LogP contribution in [0.3, 0.4) is 0 Å². The van der Waals surface area contributed by atoms with Gasteiger partial charge < -0.3 is 74.7 Å².